The fourth-order valence-corrected chi connectivity index (χ4v) is 2.56. The van der Waals surface area contributed by atoms with Gasteiger partial charge in [-0.15, -0.1) is 0 Å². The van der Waals surface area contributed by atoms with Gasteiger partial charge in [0.25, 0.3) is 0 Å². The summed E-state index contributed by atoms with van der Waals surface area (Å²) in [6, 6.07) is 5.48. The van der Waals surface area contributed by atoms with Crippen molar-refractivity contribution >= 4 is 11.0 Å². The maximum absolute atomic E-state index is 12.6. The third-order valence-electron chi connectivity index (χ3n) is 3.51. The summed E-state index contributed by atoms with van der Waals surface area (Å²) in [7, 11) is 0. The van der Waals surface area contributed by atoms with E-state index < -0.39 is 11.2 Å². The van der Waals surface area contributed by atoms with Crippen molar-refractivity contribution in [2.75, 3.05) is 6.61 Å². The molecule has 0 saturated carbocycles. The molecule has 0 unspecified atom stereocenters. The Morgan fingerprint density at radius 3 is 2.52 bits per heavy atom. The Bertz CT molecular complexity index is 840. The number of para-hydroxylation sites is 1. The van der Waals surface area contributed by atoms with E-state index in [2.05, 4.69) is 19.1 Å². The van der Waals surface area contributed by atoms with E-state index in [1.165, 1.54) is 0 Å². The molecule has 0 atom stereocenters. The second-order valence-electron chi connectivity index (χ2n) is 7.58. The molecule has 2 rings (SSSR count). The SMILES string of the molecule is CCC=CCCOc1c(OC(C)C)c(=O)oc2c(OC(C)(C)C)cccc12. The average molecular weight is 374 g/mol. The molecule has 5 nitrogen and oxygen atoms in total. The maximum atomic E-state index is 12.6. The minimum atomic E-state index is -0.569. The van der Waals surface area contributed by atoms with Crippen LogP contribution >= 0.6 is 0 Å². The van der Waals surface area contributed by atoms with Crippen molar-refractivity contribution < 1.29 is 18.6 Å². The predicted octanol–water partition coefficient (Wildman–Crippen LogP) is 5.49. The van der Waals surface area contributed by atoms with Gasteiger partial charge in [0.05, 0.1) is 18.1 Å². The highest BCUT2D eigenvalue weighted by atomic mass is 16.5. The van der Waals surface area contributed by atoms with Gasteiger partial charge in [0, 0.05) is 0 Å². The van der Waals surface area contributed by atoms with Crippen LogP contribution in [0.5, 0.6) is 17.2 Å². The fraction of sp³-hybridized carbons (Fsp3) is 0.500. The summed E-state index contributed by atoms with van der Waals surface area (Å²) in [6.45, 7) is 12.1. The summed E-state index contributed by atoms with van der Waals surface area (Å²) in [5.74, 6) is 1.01. The molecular weight excluding hydrogens is 344 g/mol. The van der Waals surface area contributed by atoms with Crippen molar-refractivity contribution in [2.24, 2.45) is 0 Å². The zero-order valence-corrected chi connectivity index (χ0v) is 17.1. The highest BCUT2D eigenvalue weighted by molar-refractivity contribution is 5.89. The molecule has 0 bridgehead atoms. The smallest absolute Gasteiger partial charge is 0.383 e. The minimum Gasteiger partial charge on any atom is -0.488 e. The summed E-state index contributed by atoms with van der Waals surface area (Å²) in [4.78, 5) is 12.6. The van der Waals surface area contributed by atoms with Gasteiger partial charge < -0.3 is 18.6 Å². The predicted molar refractivity (Wildman–Crippen MR) is 108 cm³/mol. The van der Waals surface area contributed by atoms with E-state index in [1.54, 1.807) is 6.07 Å². The summed E-state index contributed by atoms with van der Waals surface area (Å²) >= 11 is 0. The molecule has 0 aliphatic rings. The van der Waals surface area contributed by atoms with Crippen molar-refractivity contribution in [3.8, 4) is 17.2 Å². The lowest BCUT2D eigenvalue weighted by Crippen LogP contribution is -2.23. The lowest BCUT2D eigenvalue weighted by molar-refractivity contribution is 0.131. The Kier molecular flexibility index (Phi) is 6.94. The molecule has 1 aromatic heterocycles. The fourth-order valence-electron chi connectivity index (χ4n) is 2.56. The molecule has 0 spiro atoms. The number of ether oxygens (including phenoxy) is 3. The van der Waals surface area contributed by atoms with Gasteiger partial charge in [-0.05, 0) is 59.6 Å². The molecule has 0 saturated heterocycles. The van der Waals surface area contributed by atoms with Gasteiger partial charge >= 0.3 is 5.63 Å². The first kappa shape index (κ1) is 20.9. The number of fused-ring (bicyclic) bond motifs is 1. The van der Waals surface area contributed by atoms with Crippen molar-refractivity contribution in [2.45, 2.75) is 66.1 Å². The van der Waals surface area contributed by atoms with Gasteiger partial charge in [0.15, 0.2) is 17.1 Å². The topological polar surface area (TPSA) is 57.9 Å². The molecule has 0 radical (unpaired) electrons. The van der Waals surface area contributed by atoms with Crippen LogP contribution in [0, 0.1) is 0 Å². The Labute approximate surface area is 160 Å². The van der Waals surface area contributed by atoms with Crippen LogP contribution in [0.1, 0.15) is 54.4 Å². The summed E-state index contributed by atoms with van der Waals surface area (Å²) < 4.78 is 23.2. The lowest BCUT2D eigenvalue weighted by atomic mass is 10.1. The first-order valence-corrected chi connectivity index (χ1v) is 9.46. The molecule has 1 heterocycles. The molecule has 0 fully saturated rings. The van der Waals surface area contributed by atoms with Crippen LogP contribution in [0.2, 0.25) is 0 Å². The monoisotopic (exact) mass is 374 g/mol. The van der Waals surface area contributed by atoms with Gasteiger partial charge in [0.1, 0.15) is 5.60 Å². The van der Waals surface area contributed by atoms with Crippen LogP contribution in [0.15, 0.2) is 39.6 Å². The standard InChI is InChI=1S/C22H30O5/c1-7-8-9-10-14-24-19-16-12-11-13-17(27-22(4,5)6)18(16)26-21(23)20(19)25-15(2)3/h8-9,11-13,15H,7,10,14H2,1-6H3. The van der Waals surface area contributed by atoms with E-state index in [0.717, 1.165) is 12.8 Å². The van der Waals surface area contributed by atoms with E-state index in [1.807, 2.05) is 46.8 Å². The minimum absolute atomic E-state index is 0.102. The highest BCUT2D eigenvalue weighted by Crippen LogP contribution is 2.38. The number of hydrogen-bond donors (Lipinski definition) is 0. The molecule has 0 aliphatic heterocycles. The summed E-state index contributed by atoms with van der Waals surface area (Å²) in [5.41, 5.74) is -0.626. The van der Waals surface area contributed by atoms with Crippen molar-refractivity contribution in [1.29, 1.82) is 0 Å². The van der Waals surface area contributed by atoms with Crippen molar-refractivity contribution in [3.05, 3.63) is 40.8 Å². The molecule has 0 amide bonds. The molecule has 1 aromatic carbocycles. The lowest BCUT2D eigenvalue weighted by Gasteiger charge is -2.22. The second kappa shape index (κ2) is 8.98. The zero-order valence-electron chi connectivity index (χ0n) is 17.1. The van der Waals surface area contributed by atoms with E-state index in [9.17, 15) is 4.79 Å². The van der Waals surface area contributed by atoms with Gasteiger partial charge in [-0.2, -0.15) is 0 Å². The molecule has 0 N–H and O–H groups in total. The molecule has 0 aliphatic carbocycles. The normalized spacial score (nSPS) is 12.1. The second-order valence-corrected chi connectivity index (χ2v) is 7.58. The quantitative estimate of drug-likeness (QED) is 0.347. The Morgan fingerprint density at radius 2 is 1.89 bits per heavy atom. The summed E-state index contributed by atoms with van der Waals surface area (Å²) in [6.07, 6.45) is 5.69. The Morgan fingerprint density at radius 1 is 1.15 bits per heavy atom. The van der Waals surface area contributed by atoms with Gasteiger partial charge in [-0.3, -0.25) is 0 Å². The van der Waals surface area contributed by atoms with E-state index in [4.69, 9.17) is 18.6 Å². The van der Waals surface area contributed by atoms with Gasteiger partial charge in [-0.25, -0.2) is 4.79 Å². The largest absolute Gasteiger partial charge is 0.488 e. The number of rotatable bonds is 8. The first-order chi connectivity index (χ1) is 12.7. The zero-order chi connectivity index (χ0) is 20.0. The van der Waals surface area contributed by atoms with E-state index in [-0.39, 0.29) is 11.9 Å². The van der Waals surface area contributed by atoms with E-state index in [0.29, 0.717) is 29.1 Å². The van der Waals surface area contributed by atoms with Crippen LogP contribution in [-0.2, 0) is 0 Å². The third-order valence-corrected chi connectivity index (χ3v) is 3.51. The van der Waals surface area contributed by atoms with Crippen molar-refractivity contribution in [3.63, 3.8) is 0 Å². The van der Waals surface area contributed by atoms with Gasteiger partial charge in [0.2, 0.25) is 5.75 Å². The summed E-state index contributed by atoms with van der Waals surface area (Å²) in [5, 5.41) is 0.659. The highest BCUT2D eigenvalue weighted by Gasteiger charge is 2.22. The number of allylic oxidation sites excluding steroid dienone is 1. The molecular formula is C22H30O5. The number of benzene rings is 1. The third kappa shape index (κ3) is 5.78. The molecule has 27 heavy (non-hydrogen) atoms. The van der Waals surface area contributed by atoms with Crippen LogP contribution < -0.4 is 19.8 Å². The number of hydrogen-bond acceptors (Lipinski definition) is 5. The maximum Gasteiger partial charge on any atom is 0.383 e. The van der Waals surface area contributed by atoms with Crippen LogP contribution in [0.4, 0.5) is 0 Å². The first-order valence-electron chi connectivity index (χ1n) is 9.46. The van der Waals surface area contributed by atoms with Crippen LogP contribution in [0.25, 0.3) is 11.0 Å². The van der Waals surface area contributed by atoms with Crippen LogP contribution in [0.3, 0.4) is 0 Å². The Hall–Kier alpha value is -2.43. The van der Waals surface area contributed by atoms with Crippen molar-refractivity contribution in [1.82, 2.24) is 0 Å². The molecule has 5 heteroatoms. The molecule has 2 aromatic rings. The average Bonchev–Trinajstić information content (AvgIpc) is 2.56. The van der Waals surface area contributed by atoms with E-state index >= 15 is 0 Å². The van der Waals surface area contributed by atoms with Gasteiger partial charge in [-0.1, -0.05) is 25.1 Å². The van der Waals surface area contributed by atoms with Crippen LogP contribution in [-0.4, -0.2) is 18.3 Å². The Balaban J connectivity index is 2.53. The molecule has 148 valence electrons.